The van der Waals surface area contributed by atoms with E-state index in [2.05, 4.69) is 55.4 Å². The molecule has 0 saturated carbocycles. The molecule has 0 aromatic heterocycles. The maximum absolute atomic E-state index is 12.1. The zero-order valence-corrected chi connectivity index (χ0v) is 61.6. The fourth-order valence-electron chi connectivity index (χ4n) is 9.16. The molecule has 0 saturated heterocycles. The molecule has 0 aliphatic carbocycles. The molecular formula is C64H136MoO12P4. The van der Waals surface area contributed by atoms with Crippen LogP contribution in [0.15, 0.2) is 0 Å². The van der Waals surface area contributed by atoms with Gasteiger partial charge in [-0.1, -0.05) is 289 Å². The van der Waals surface area contributed by atoms with Crippen LogP contribution in [-0.4, -0.2) is 47.1 Å². The quantitative estimate of drug-likeness (QED) is 0.0318. The van der Waals surface area contributed by atoms with Crippen molar-refractivity contribution in [3.8, 4) is 0 Å². The molecule has 0 heterocycles. The van der Waals surface area contributed by atoms with E-state index in [0.29, 0.717) is 0 Å². The molecule has 0 aromatic rings. The Morgan fingerprint density at radius 1 is 0.235 bits per heavy atom. The second kappa shape index (κ2) is 60.2. The molecule has 0 fully saturated rings. The van der Waals surface area contributed by atoms with Crippen molar-refractivity contribution in [1.82, 2.24) is 0 Å². The predicted molar refractivity (Wildman–Crippen MR) is 341 cm³/mol. The van der Waals surface area contributed by atoms with Gasteiger partial charge in [0.05, 0.1) is 24.4 Å². The fraction of sp³-hybridized carbons (Fsp3) is 1.00. The molecule has 0 spiro atoms. The molecule has 12 unspecified atom stereocenters. The van der Waals surface area contributed by atoms with Crippen molar-refractivity contribution in [2.75, 3.05) is 0 Å². The summed E-state index contributed by atoms with van der Waals surface area (Å²) in [6.07, 6.45) is 42.0. The maximum Gasteiger partial charge on any atom is 4.00 e. The largest absolute Gasteiger partial charge is 4.00 e. The molecule has 0 radical (unpaired) electrons. The van der Waals surface area contributed by atoms with Crippen molar-refractivity contribution in [2.45, 2.75) is 415 Å². The van der Waals surface area contributed by atoms with Crippen molar-refractivity contribution < 1.29 is 77.0 Å². The predicted octanol–water partition coefficient (Wildman–Crippen LogP) is 21.1. The van der Waals surface area contributed by atoms with Gasteiger partial charge in [0.15, 0.2) is 0 Å². The molecule has 0 aliphatic heterocycles. The van der Waals surface area contributed by atoms with Gasteiger partial charge in [0.1, 0.15) is 30.4 Å². The second-order valence-corrected chi connectivity index (χ2v) is 32.7. The summed E-state index contributed by atoms with van der Waals surface area (Å²) in [4.78, 5) is 48.4. The molecule has 0 rings (SSSR count). The first-order valence-corrected chi connectivity index (χ1v) is 40.2. The van der Waals surface area contributed by atoms with E-state index in [1.165, 1.54) is 128 Å². The van der Waals surface area contributed by atoms with E-state index < -0.39 is 30.4 Å². The monoisotopic (exact) mass is 1320 g/mol. The Morgan fingerprint density at radius 2 is 0.358 bits per heavy atom. The van der Waals surface area contributed by atoms with Gasteiger partial charge in [0.25, 0.3) is 0 Å². The van der Waals surface area contributed by atoms with Gasteiger partial charge >= 0.3 is 21.1 Å². The minimum absolute atomic E-state index is 0. The molecular weight excluding hydrogens is 1180 g/mol. The first-order chi connectivity index (χ1) is 37.7. The molecule has 12 nitrogen and oxygen atoms in total. The maximum atomic E-state index is 12.1. The average Bonchev–Trinajstić information content (AvgIpc) is 3.39. The summed E-state index contributed by atoms with van der Waals surface area (Å²) in [5.41, 5.74) is -1.40. The van der Waals surface area contributed by atoms with Crippen LogP contribution in [0.4, 0.5) is 0 Å². The number of unbranched alkanes of at least 4 members (excludes halogenated alkanes) is 24. The molecule has 0 amide bonds. The molecule has 0 N–H and O–H groups in total. The number of hydrogen-bond donors (Lipinski definition) is 0. The first-order valence-electron chi connectivity index (χ1n) is 33.7. The third-order valence-corrected chi connectivity index (χ3v) is 23.2. The molecule has 490 valence electrons. The Balaban J connectivity index is -0.000000316. The Labute approximate surface area is 519 Å². The summed E-state index contributed by atoms with van der Waals surface area (Å²) in [7, 11) is -14.8. The van der Waals surface area contributed by atoms with Crippen LogP contribution in [0.1, 0.15) is 368 Å². The van der Waals surface area contributed by atoms with E-state index in [1.807, 2.05) is 27.7 Å². The first kappa shape index (κ1) is 91.0. The van der Waals surface area contributed by atoms with Crippen LogP contribution >= 0.6 is 30.4 Å². The van der Waals surface area contributed by atoms with Crippen LogP contribution in [0, 0.1) is 0 Å². The SMILES string of the molecule is CCCCCCC(C)OP(=O)([O-])C(C)CCCCCC.CCCCCCC(C)OP(=O)([O-])C(C)CCCCCC.CCCCCCC(C)OP(=O)([O-])C(C)CCCCCC.CCCCCCC(C)OP(=O)([O-])C(C)CCCCCC.[Mo+4]. The van der Waals surface area contributed by atoms with Crippen LogP contribution in [0.25, 0.3) is 0 Å². The van der Waals surface area contributed by atoms with Gasteiger partial charge in [-0.25, -0.2) is 0 Å². The van der Waals surface area contributed by atoms with Crippen molar-refractivity contribution in [1.29, 1.82) is 0 Å². The third-order valence-electron chi connectivity index (χ3n) is 15.2. The smallest absolute Gasteiger partial charge is 0.778 e. The zero-order chi connectivity index (χ0) is 61.7. The minimum atomic E-state index is -3.69. The Morgan fingerprint density at radius 3 is 0.481 bits per heavy atom. The summed E-state index contributed by atoms with van der Waals surface area (Å²) < 4.78 is 69.7. The van der Waals surface area contributed by atoms with Crippen molar-refractivity contribution in [3.05, 3.63) is 0 Å². The molecule has 12 atom stereocenters. The van der Waals surface area contributed by atoms with Gasteiger partial charge in [-0.3, -0.25) is 0 Å². The van der Waals surface area contributed by atoms with Crippen molar-refractivity contribution in [2.24, 2.45) is 0 Å². The van der Waals surface area contributed by atoms with Crippen LogP contribution in [-0.2, 0) is 57.4 Å². The molecule has 0 aliphatic rings. The van der Waals surface area contributed by atoms with Gasteiger partial charge in [0, 0.05) is 22.6 Å². The average molecular weight is 1320 g/mol. The van der Waals surface area contributed by atoms with Gasteiger partial charge < -0.3 is 55.9 Å². The van der Waals surface area contributed by atoms with Gasteiger partial charge in [-0.15, -0.1) is 0 Å². The fourth-order valence-corrected chi connectivity index (χ4v) is 14.4. The van der Waals surface area contributed by atoms with Gasteiger partial charge in [0.2, 0.25) is 0 Å². The minimum Gasteiger partial charge on any atom is -0.778 e. The second-order valence-electron chi connectivity index (χ2n) is 24.0. The van der Waals surface area contributed by atoms with Gasteiger partial charge in [-0.05, 0) is 79.1 Å². The van der Waals surface area contributed by atoms with Crippen LogP contribution in [0.3, 0.4) is 0 Å². The molecule has 17 heteroatoms. The summed E-state index contributed by atoms with van der Waals surface area (Å²) in [5, 5.41) is 0. The Kier molecular flexibility index (Phi) is 67.7. The van der Waals surface area contributed by atoms with E-state index in [0.717, 1.165) is 128 Å². The van der Waals surface area contributed by atoms with Crippen molar-refractivity contribution in [3.63, 3.8) is 0 Å². The Hall–Kier alpha value is 1.29. The van der Waals surface area contributed by atoms with E-state index >= 15 is 0 Å². The molecule has 0 bridgehead atoms. The number of hydrogen-bond acceptors (Lipinski definition) is 12. The zero-order valence-electron chi connectivity index (χ0n) is 56.0. The topological polar surface area (TPSA) is 197 Å². The normalized spacial score (nSPS) is 17.4. The summed E-state index contributed by atoms with van der Waals surface area (Å²) >= 11 is 0. The number of rotatable bonds is 52. The van der Waals surface area contributed by atoms with E-state index in [4.69, 9.17) is 18.1 Å². The van der Waals surface area contributed by atoms with E-state index in [1.54, 1.807) is 27.7 Å². The Bertz CT molecular complexity index is 1300. The standard InChI is InChI=1S/4C16H35O3P.Mo/c4*1-5-7-9-11-13-15(3)19-20(17,18)16(4)14-12-10-8-6-2;/h4*15-16H,5-14H2,1-4H3,(H,17,18);/q;;;;+4/p-4. The van der Waals surface area contributed by atoms with Crippen LogP contribution in [0.5, 0.6) is 0 Å². The molecule has 81 heavy (non-hydrogen) atoms. The van der Waals surface area contributed by atoms with Crippen LogP contribution in [0.2, 0.25) is 0 Å². The summed E-state index contributed by atoms with van der Waals surface area (Å²) in [6, 6.07) is 0. The third kappa shape index (κ3) is 58.7. The van der Waals surface area contributed by atoms with E-state index in [9.17, 15) is 37.8 Å². The van der Waals surface area contributed by atoms with Crippen molar-refractivity contribution >= 4 is 30.4 Å². The molecule has 0 aromatic carbocycles. The summed E-state index contributed by atoms with van der Waals surface area (Å²) in [5.74, 6) is 0. The van der Waals surface area contributed by atoms with Crippen LogP contribution < -0.4 is 19.6 Å². The summed E-state index contributed by atoms with van der Waals surface area (Å²) in [6.45, 7) is 31.9. The van der Waals surface area contributed by atoms with Gasteiger partial charge in [-0.2, -0.15) is 0 Å². The van der Waals surface area contributed by atoms with E-state index in [-0.39, 0.29) is 68.1 Å².